The van der Waals surface area contributed by atoms with Crippen LogP contribution in [0.2, 0.25) is 0 Å². The standard InChI is InChI=1S/C13H20N2O3/c1-3-7-14-13(18)10(2)15-8-6-11(9-15)4-5-12(16)17/h1,10-11H,4-9H2,2H3,(H,14,18)(H,16,17). The summed E-state index contributed by atoms with van der Waals surface area (Å²) in [6.07, 6.45) is 6.93. The normalized spacial score (nSPS) is 21.2. The van der Waals surface area contributed by atoms with Crippen molar-refractivity contribution in [1.82, 2.24) is 10.2 Å². The molecule has 1 rings (SSSR count). The van der Waals surface area contributed by atoms with Gasteiger partial charge in [0.25, 0.3) is 0 Å². The lowest BCUT2D eigenvalue weighted by Crippen LogP contribution is -2.44. The van der Waals surface area contributed by atoms with E-state index in [9.17, 15) is 9.59 Å². The van der Waals surface area contributed by atoms with Crippen LogP contribution < -0.4 is 5.32 Å². The average molecular weight is 252 g/mol. The first-order chi connectivity index (χ1) is 8.54. The number of rotatable bonds is 6. The van der Waals surface area contributed by atoms with Crippen LogP contribution in [0.1, 0.15) is 26.2 Å². The fraction of sp³-hybridized carbons (Fsp3) is 0.692. The van der Waals surface area contributed by atoms with E-state index in [-0.39, 0.29) is 24.9 Å². The minimum Gasteiger partial charge on any atom is -0.481 e. The van der Waals surface area contributed by atoms with Gasteiger partial charge in [0.2, 0.25) is 5.91 Å². The maximum Gasteiger partial charge on any atom is 0.303 e. The Labute approximate surface area is 108 Å². The first-order valence-electron chi connectivity index (χ1n) is 6.21. The van der Waals surface area contributed by atoms with Gasteiger partial charge in [-0.25, -0.2) is 0 Å². The number of carboxylic acids is 1. The van der Waals surface area contributed by atoms with Crippen LogP contribution in [0.3, 0.4) is 0 Å². The minimum absolute atomic E-state index is 0.0631. The molecule has 1 aliphatic rings. The van der Waals surface area contributed by atoms with Crippen molar-refractivity contribution in [3.63, 3.8) is 0 Å². The van der Waals surface area contributed by atoms with Crippen LogP contribution in [0.4, 0.5) is 0 Å². The molecule has 2 N–H and O–H groups in total. The molecule has 5 heteroatoms. The summed E-state index contributed by atoms with van der Waals surface area (Å²) < 4.78 is 0. The molecular formula is C13H20N2O3. The van der Waals surface area contributed by atoms with Gasteiger partial charge in [-0.3, -0.25) is 14.5 Å². The summed E-state index contributed by atoms with van der Waals surface area (Å²) in [5.74, 6) is 1.93. The molecule has 1 heterocycles. The van der Waals surface area contributed by atoms with Crippen LogP contribution in [0.25, 0.3) is 0 Å². The van der Waals surface area contributed by atoms with Crippen LogP contribution in [-0.4, -0.2) is 47.6 Å². The molecule has 1 fully saturated rings. The summed E-state index contributed by atoms with van der Waals surface area (Å²) in [4.78, 5) is 24.3. The van der Waals surface area contributed by atoms with Crippen molar-refractivity contribution in [3.8, 4) is 12.3 Å². The van der Waals surface area contributed by atoms with E-state index >= 15 is 0 Å². The van der Waals surface area contributed by atoms with Crippen molar-refractivity contribution in [2.24, 2.45) is 5.92 Å². The highest BCUT2D eigenvalue weighted by molar-refractivity contribution is 5.81. The Kier molecular flexibility index (Phi) is 5.66. The van der Waals surface area contributed by atoms with E-state index in [1.807, 2.05) is 6.92 Å². The molecule has 0 aromatic carbocycles. The summed E-state index contributed by atoms with van der Waals surface area (Å²) >= 11 is 0. The van der Waals surface area contributed by atoms with E-state index < -0.39 is 5.97 Å². The van der Waals surface area contributed by atoms with Gasteiger partial charge in [0, 0.05) is 13.0 Å². The molecule has 0 aromatic heterocycles. The summed E-state index contributed by atoms with van der Waals surface area (Å²) in [7, 11) is 0. The van der Waals surface area contributed by atoms with E-state index in [0.29, 0.717) is 12.3 Å². The maximum absolute atomic E-state index is 11.7. The fourth-order valence-corrected chi connectivity index (χ4v) is 2.23. The molecule has 100 valence electrons. The third-order valence-corrected chi connectivity index (χ3v) is 3.38. The highest BCUT2D eigenvalue weighted by Crippen LogP contribution is 2.22. The van der Waals surface area contributed by atoms with Gasteiger partial charge in [-0.2, -0.15) is 0 Å². The molecular weight excluding hydrogens is 232 g/mol. The van der Waals surface area contributed by atoms with Crippen molar-refractivity contribution >= 4 is 11.9 Å². The average Bonchev–Trinajstić information content (AvgIpc) is 2.81. The van der Waals surface area contributed by atoms with Gasteiger partial charge in [-0.05, 0) is 32.2 Å². The van der Waals surface area contributed by atoms with Crippen molar-refractivity contribution in [1.29, 1.82) is 0 Å². The number of carbonyl (C=O) groups is 2. The fourth-order valence-electron chi connectivity index (χ4n) is 2.23. The van der Waals surface area contributed by atoms with E-state index in [4.69, 9.17) is 11.5 Å². The van der Waals surface area contributed by atoms with E-state index in [2.05, 4.69) is 16.1 Å². The molecule has 2 atom stereocenters. The van der Waals surface area contributed by atoms with Crippen molar-refractivity contribution in [2.45, 2.75) is 32.2 Å². The summed E-state index contributed by atoms with van der Waals surface area (Å²) in [6, 6.07) is -0.201. The summed E-state index contributed by atoms with van der Waals surface area (Å²) in [5, 5.41) is 11.3. The molecule has 1 aliphatic heterocycles. The summed E-state index contributed by atoms with van der Waals surface area (Å²) in [5.41, 5.74) is 0. The molecule has 1 amide bonds. The largest absolute Gasteiger partial charge is 0.481 e. The Morgan fingerprint density at radius 2 is 2.33 bits per heavy atom. The highest BCUT2D eigenvalue weighted by atomic mass is 16.4. The zero-order chi connectivity index (χ0) is 13.5. The molecule has 0 aliphatic carbocycles. The number of likely N-dealkylation sites (tertiary alicyclic amines) is 1. The second kappa shape index (κ2) is 7.02. The Balaban J connectivity index is 2.34. The van der Waals surface area contributed by atoms with Gasteiger partial charge < -0.3 is 10.4 Å². The number of carboxylic acid groups (broad SMARTS) is 1. The third kappa shape index (κ3) is 4.38. The smallest absolute Gasteiger partial charge is 0.303 e. The van der Waals surface area contributed by atoms with Gasteiger partial charge in [-0.15, -0.1) is 6.42 Å². The number of aliphatic carboxylic acids is 1. The van der Waals surface area contributed by atoms with Gasteiger partial charge in [-0.1, -0.05) is 5.92 Å². The second-order valence-corrected chi connectivity index (χ2v) is 4.68. The zero-order valence-electron chi connectivity index (χ0n) is 10.7. The Hall–Kier alpha value is -1.54. The molecule has 0 saturated carbocycles. The molecule has 18 heavy (non-hydrogen) atoms. The topological polar surface area (TPSA) is 69.6 Å². The second-order valence-electron chi connectivity index (χ2n) is 4.68. The van der Waals surface area contributed by atoms with E-state index in [1.54, 1.807) is 0 Å². The van der Waals surface area contributed by atoms with Crippen LogP contribution in [-0.2, 0) is 9.59 Å². The van der Waals surface area contributed by atoms with Crippen LogP contribution >= 0.6 is 0 Å². The number of hydrogen-bond donors (Lipinski definition) is 2. The molecule has 5 nitrogen and oxygen atoms in total. The number of terminal acetylenes is 1. The van der Waals surface area contributed by atoms with Crippen LogP contribution in [0.5, 0.6) is 0 Å². The maximum atomic E-state index is 11.7. The lowest BCUT2D eigenvalue weighted by atomic mass is 10.0. The first kappa shape index (κ1) is 14.5. The van der Waals surface area contributed by atoms with Gasteiger partial charge in [0.15, 0.2) is 0 Å². The first-order valence-corrected chi connectivity index (χ1v) is 6.21. The SMILES string of the molecule is C#CCNC(=O)C(C)N1CCC(CCC(=O)O)C1. The summed E-state index contributed by atoms with van der Waals surface area (Å²) in [6.45, 7) is 3.73. The molecule has 0 bridgehead atoms. The molecule has 0 aromatic rings. The highest BCUT2D eigenvalue weighted by Gasteiger charge is 2.29. The van der Waals surface area contributed by atoms with Crippen LogP contribution in [0.15, 0.2) is 0 Å². The number of nitrogens with one attached hydrogen (secondary N) is 1. The lowest BCUT2D eigenvalue weighted by Gasteiger charge is -2.23. The minimum atomic E-state index is -0.756. The monoisotopic (exact) mass is 252 g/mol. The van der Waals surface area contributed by atoms with Gasteiger partial charge >= 0.3 is 5.97 Å². The van der Waals surface area contributed by atoms with Crippen LogP contribution in [0, 0.1) is 18.3 Å². The Bertz CT molecular complexity index is 349. The molecule has 1 saturated heterocycles. The lowest BCUT2D eigenvalue weighted by molar-refractivity contribution is -0.137. The van der Waals surface area contributed by atoms with Crippen molar-refractivity contribution < 1.29 is 14.7 Å². The number of hydrogen-bond acceptors (Lipinski definition) is 3. The molecule has 0 radical (unpaired) electrons. The van der Waals surface area contributed by atoms with Gasteiger partial charge in [0.05, 0.1) is 12.6 Å². The Morgan fingerprint density at radius 3 is 2.94 bits per heavy atom. The Morgan fingerprint density at radius 1 is 1.61 bits per heavy atom. The predicted molar refractivity (Wildman–Crippen MR) is 67.9 cm³/mol. The van der Waals surface area contributed by atoms with Crippen molar-refractivity contribution in [3.05, 3.63) is 0 Å². The van der Waals surface area contributed by atoms with E-state index in [0.717, 1.165) is 19.5 Å². The van der Waals surface area contributed by atoms with Gasteiger partial charge in [0.1, 0.15) is 0 Å². The molecule has 2 unspecified atom stereocenters. The predicted octanol–water partition coefficient (Wildman–Crippen LogP) is 0.311. The number of carbonyl (C=O) groups excluding carboxylic acids is 1. The molecule has 0 spiro atoms. The van der Waals surface area contributed by atoms with E-state index in [1.165, 1.54) is 0 Å². The quantitative estimate of drug-likeness (QED) is 0.668. The zero-order valence-corrected chi connectivity index (χ0v) is 10.7. The third-order valence-electron chi connectivity index (χ3n) is 3.38. The number of amides is 1. The number of nitrogens with zero attached hydrogens (tertiary/aromatic N) is 1. The van der Waals surface area contributed by atoms with Crippen molar-refractivity contribution in [2.75, 3.05) is 19.6 Å².